The Kier molecular flexibility index (Phi) is 6.63. The molecule has 0 spiro atoms. The topological polar surface area (TPSA) is 64.6 Å². The van der Waals surface area contributed by atoms with Gasteiger partial charge in [0.15, 0.2) is 0 Å². The van der Waals surface area contributed by atoms with Gasteiger partial charge in [-0.3, -0.25) is 0 Å². The molecule has 0 bridgehead atoms. The van der Waals surface area contributed by atoms with Gasteiger partial charge in [-0.15, -0.1) is 0 Å². The zero-order chi connectivity index (χ0) is 17.4. The number of nitrogens with zero attached hydrogens (tertiary/aromatic N) is 1. The van der Waals surface area contributed by atoms with Crippen LogP contribution in [0.25, 0.3) is 0 Å². The fourth-order valence-electron chi connectivity index (χ4n) is 2.42. The van der Waals surface area contributed by atoms with E-state index in [0.717, 1.165) is 23.5 Å². The first-order valence-electron chi connectivity index (χ1n) is 8.20. The van der Waals surface area contributed by atoms with Gasteiger partial charge in [0.05, 0.1) is 12.6 Å². The summed E-state index contributed by atoms with van der Waals surface area (Å²) in [5, 5.41) is 14.4. The number of hydrogen-bond acceptors (Lipinski definition) is 3. The van der Waals surface area contributed by atoms with E-state index >= 15 is 0 Å². The summed E-state index contributed by atoms with van der Waals surface area (Å²) in [5.74, 6) is 0. The van der Waals surface area contributed by atoms with E-state index < -0.39 is 0 Å². The van der Waals surface area contributed by atoms with Crippen LogP contribution in [0, 0.1) is 0 Å². The number of nitrogens with one attached hydrogen (secondary N) is 2. The molecule has 0 saturated carbocycles. The highest BCUT2D eigenvalue weighted by Gasteiger charge is 2.08. The molecule has 5 nitrogen and oxygen atoms in total. The highest BCUT2D eigenvalue weighted by atomic mass is 16.3. The quantitative estimate of drug-likeness (QED) is 0.732. The Morgan fingerprint density at radius 1 is 1.08 bits per heavy atom. The molecule has 3 N–H and O–H groups in total. The molecule has 5 heteroatoms. The largest absolute Gasteiger partial charge is 0.394 e. The van der Waals surface area contributed by atoms with Gasteiger partial charge in [0.25, 0.3) is 0 Å². The Morgan fingerprint density at radius 3 is 2.29 bits per heavy atom. The SMILES string of the molecule is CCN(c1ccccc1)c1ccc(CNC(=O)NC(C)CO)cc1. The number of amides is 2. The normalized spacial score (nSPS) is 11.6. The molecule has 2 aromatic carbocycles. The second-order valence-corrected chi connectivity index (χ2v) is 5.66. The Bertz CT molecular complexity index is 629. The predicted octanol–water partition coefficient (Wildman–Crippen LogP) is 3.02. The third-order valence-corrected chi connectivity index (χ3v) is 3.74. The zero-order valence-electron chi connectivity index (χ0n) is 14.2. The molecule has 0 heterocycles. The predicted molar refractivity (Wildman–Crippen MR) is 97.5 cm³/mol. The van der Waals surface area contributed by atoms with Crippen molar-refractivity contribution < 1.29 is 9.90 Å². The zero-order valence-corrected chi connectivity index (χ0v) is 14.2. The number of para-hydroxylation sites is 1. The van der Waals surface area contributed by atoms with Crippen molar-refractivity contribution in [2.75, 3.05) is 18.1 Å². The van der Waals surface area contributed by atoms with Crippen LogP contribution in [0.5, 0.6) is 0 Å². The lowest BCUT2D eigenvalue weighted by atomic mass is 10.1. The van der Waals surface area contributed by atoms with Crippen LogP contribution >= 0.6 is 0 Å². The highest BCUT2D eigenvalue weighted by molar-refractivity contribution is 5.74. The molecular formula is C19H25N3O2. The first kappa shape index (κ1) is 17.8. The van der Waals surface area contributed by atoms with Crippen molar-refractivity contribution in [1.29, 1.82) is 0 Å². The van der Waals surface area contributed by atoms with Crippen molar-refractivity contribution in [2.24, 2.45) is 0 Å². The smallest absolute Gasteiger partial charge is 0.315 e. The molecule has 2 rings (SSSR count). The van der Waals surface area contributed by atoms with Crippen molar-refractivity contribution in [3.63, 3.8) is 0 Å². The van der Waals surface area contributed by atoms with E-state index in [1.165, 1.54) is 0 Å². The standard InChI is InChI=1S/C19H25N3O2/c1-3-22(17-7-5-4-6-8-17)18-11-9-16(10-12-18)13-20-19(24)21-15(2)14-23/h4-12,15,23H,3,13-14H2,1-2H3,(H2,20,21,24). The molecule has 0 aromatic heterocycles. The molecule has 0 saturated heterocycles. The number of benzene rings is 2. The average Bonchev–Trinajstić information content (AvgIpc) is 2.62. The van der Waals surface area contributed by atoms with E-state index in [4.69, 9.17) is 5.11 Å². The number of hydrogen-bond donors (Lipinski definition) is 3. The summed E-state index contributed by atoms with van der Waals surface area (Å²) in [4.78, 5) is 13.9. The minimum absolute atomic E-state index is 0.0749. The van der Waals surface area contributed by atoms with Crippen molar-refractivity contribution in [2.45, 2.75) is 26.4 Å². The molecule has 0 radical (unpaired) electrons. The van der Waals surface area contributed by atoms with Gasteiger partial charge >= 0.3 is 6.03 Å². The number of urea groups is 1. The molecule has 24 heavy (non-hydrogen) atoms. The first-order valence-corrected chi connectivity index (χ1v) is 8.20. The lowest BCUT2D eigenvalue weighted by Crippen LogP contribution is -2.41. The fraction of sp³-hybridized carbons (Fsp3) is 0.316. The van der Waals surface area contributed by atoms with Crippen LogP contribution in [0.4, 0.5) is 16.2 Å². The van der Waals surface area contributed by atoms with E-state index in [1.807, 2.05) is 30.3 Å². The molecule has 0 aliphatic carbocycles. The van der Waals surface area contributed by atoms with Crippen LogP contribution in [-0.2, 0) is 6.54 Å². The maximum Gasteiger partial charge on any atom is 0.315 e. The summed E-state index contributed by atoms with van der Waals surface area (Å²) in [6.07, 6.45) is 0. The average molecular weight is 327 g/mol. The molecule has 128 valence electrons. The molecule has 0 aliphatic rings. The van der Waals surface area contributed by atoms with Crippen LogP contribution in [0.3, 0.4) is 0 Å². The van der Waals surface area contributed by atoms with Gasteiger partial charge in [-0.2, -0.15) is 0 Å². The van der Waals surface area contributed by atoms with E-state index in [-0.39, 0.29) is 18.7 Å². The minimum Gasteiger partial charge on any atom is -0.394 e. The van der Waals surface area contributed by atoms with E-state index in [0.29, 0.717) is 6.54 Å². The lowest BCUT2D eigenvalue weighted by Gasteiger charge is -2.23. The van der Waals surface area contributed by atoms with Crippen LogP contribution < -0.4 is 15.5 Å². The van der Waals surface area contributed by atoms with Crippen LogP contribution in [0.2, 0.25) is 0 Å². The van der Waals surface area contributed by atoms with Crippen molar-refractivity contribution in [3.8, 4) is 0 Å². The van der Waals surface area contributed by atoms with Crippen LogP contribution in [0.15, 0.2) is 54.6 Å². The first-order chi connectivity index (χ1) is 11.6. The monoisotopic (exact) mass is 327 g/mol. The van der Waals surface area contributed by atoms with Gasteiger partial charge in [0, 0.05) is 24.5 Å². The molecule has 1 unspecified atom stereocenters. The molecule has 2 aromatic rings. The van der Waals surface area contributed by atoms with Gasteiger partial charge in [-0.1, -0.05) is 30.3 Å². The second kappa shape index (κ2) is 8.93. The minimum atomic E-state index is -0.278. The van der Waals surface area contributed by atoms with Gasteiger partial charge in [0.2, 0.25) is 0 Å². The van der Waals surface area contributed by atoms with Crippen molar-refractivity contribution in [3.05, 3.63) is 60.2 Å². The summed E-state index contributed by atoms with van der Waals surface area (Å²) in [5.41, 5.74) is 3.30. The maximum absolute atomic E-state index is 11.7. The summed E-state index contributed by atoms with van der Waals surface area (Å²) in [7, 11) is 0. The van der Waals surface area contributed by atoms with Crippen LogP contribution in [-0.4, -0.2) is 30.3 Å². The number of aliphatic hydroxyl groups excluding tert-OH is 1. The molecule has 2 amide bonds. The third kappa shape index (κ3) is 4.99. The van der Waals surface area contributed by atoms with Gasteiger partial charge in [0.1, 0.15) is 0 Å². The summed E-state index contributed by atoms with van der Waals surface area (Å²) in [6.45, 7) is 5.12. The number of aliphatic hydroxyl groups is 1. The van der Waals surface area contributed by atoms with Crippen molar-refractivity contribution in [1.82, 2.24) is 10.6 Å². The van der Waals surface area contributed by atoms with Crippen molar-refractivity contribution >= 4 is 17.4 Å². The Hall–Kier alpha value is -2.53. The second-order valence-electron chi connectivity index (χ2n) is 5.66. The van der Waals surface area contributed by atoms with Gasteiger partial charge in [-0.25, -0.2) is 4.79 Å². The summed E-state index contributed by atoms with van der Waals surface area (Å²) >= 11 is 0. The van der Waals surface area contributed by atoms with E-state index in [9.17, 15) is 4.79 Å². The Morgan fingerprint density at radius 2 is 1.71 bits per heavy atom. The summed E-state index contributed by atoms with van der Waals surface area (Å²) in [6, 6.07) is 17.9. The fourth-order valence-corrected chi connectivity index (χ4v) is 2.42. The Balaban J connectivity index is 1.96. The number of carbonyl (C=O) groups is 1. The number of rotatable bonds is 7. The lowest BCUT2D eigenvalue weighted by molar-refractivity contribution is 0.220. The maximum atomic E-state index is 11.7. The molecular weight excluding hydrogens is 302 g/mol. The molecule has 0 aliphatic heterocycles. The Labute approximate surface area is 143 Å². The van der Waals surface area contributed by atoms with E-state index in [2.05, 4.69) is 46.7 Å². The summed E-state index contributed by atoms with van der Waals surface area (Å²) < 4.78 is 0. The van der Waals surface area contributed by atoms with Gasteiger partial charge in [-0.05, 0) is 43.7 Å². The highest BCUT2D eigenvalue weighted by Crippen LogP contribution is 2.24. The molecule has 0 fully saturated rings. The van der Waals surface area contributed by atoms with Gasteiger partial charge < -0.3 is 20.6 Å². The number of anilines is 2. The number of carbonyl (C=O) groups excluding carboxylic acids is 1. The van der Waals surface area contributed by atoms with Crippen LogP contribution in [0.1, 0.15) is 19.4 Å². The third-order valence-electron chi connectivity index (χ3n) is 3.74. The van der Waals surface area contributed by atoms with E-state index in [1.54, 1.807) is 6.92 Å². The molecule has 1 atom stereocenters.